The summed E-state index contributed by atoms with van der Waals surface area (Å²) in [5.74, 6) is 0.592. The maximum absolute atomic E-state index is 11.9. The van der Waals surface area contributed by atoms with Crippen molar-refractivity contribution in [3.63, 3.8) is 0 Å². The second kappa shape index (κ2) is 6.83. The molecule has 0 bridgehead atoms. The van der Waals surface area contributed by atoms with Crippen molar-refractivity contribution in [3.8, 4) is 0 Å². The van der Waals surface area contributed by atoms with E-state index in [-0.39, 0.29) is 11.7 Å². The molecule has 0 radical (unpaired) electrons. The van der Waals surface area contributed by atoms with Crippen molar-refractivity contribution in [3.05, 3.63) is 39.4 Å². The molecule has 0 amide bonds. The Morgan fingerprint density at radius 2 is 2.25 bits per heavy atom. The van der Waals surface area contributed by atoms with E-state index in [1.54, 1.807) is 18.2 Å². The van der Waals surface area contributed by atoms with E-state index >= 15 is 0 Å². The zero-order chi connectivity index (χ0) is 14.5. The number of rotatable bonds is 6. The number of hydrogen-bond acceptors (Lipinski definition) is 4. The van der Waals surface area contributed by atoms with Gasteiger partial charge in [-0.3, -0.25) is 4.79 Å². The lowest BCUT2D eigenvalue weighted by atomic mass is 10.2. The number of aromatic nitrogens is 2. The number of benzene rings is 1. The highest BCUT2D eigenvalue weighted by Gasteiger charge is 2.04. The Bertz CT molecular complexity index is 640. The zero-order valence-electron chi connectivity index (χ0n) is 11.6. The molecule has 0 aliphatic carbocycles. The van der Waals surface area contributed by atoms with E-state index in [1.807, 2.05) is 13.8 Å². The smallest absolute Gasteiger partial charge is 0.258 e. The van der Waals surface area contributed by atoms with E-state index in [4.69, 9.17) is 16.3 Å². The first-order valence-electron chi connectivity index (χ1n) is 6.57. The molecule has 1 aromatic heterocycles. The van der Waals surface area contributed by atoms with Gasteiger partial charge in [0.05, 0.1) is 30.2 Å². The van der Waals surface area contributed by atoms with Gasteiger partial charge in [-0.2, -0.15) is 0 Å². The summed E-state index contributed by atoms with van der Waals surface area (Å²) in [6, 6.07) is 5.05. The highest BCUT2D eigenvalue weighted by atomic mass is 35.5. The van der Waals surface area contributed by atoms with Crippen LogP contribution in [0.2, 0.25) is 5.02 Å². The van der Waals surface area contributed by atoms with Gasteiger partial charge in [-0.05, 0) is 32.0 Å². The molecule has 0 saturated heterocycles. The monoisotopic (exact) mass is 295 g/mol. The highest BCUT2D eigenvalue weighted by Crippen LogP contribution is 2.14. The topological polar surface area (TPSA) is 67.0 Å². The number of nitrogens with one attached hydrogen (secondary N) is 2. The summed E-state index contributed by atoms with van der Waals surface area (Å²) in [6.45, 7) is 5.80. The molecule has 5 nitrogen and oxygen atoms in total. The largest absolute Gasteiger partial charge is 0.377 e. The molecule has 20 heavy (non-hydrogen) atoms. The summed E-state index contributed by atoms with van der Waals surface area (Å²) >= 11 is 5.91. The summed E-state index contributed by atoms with van der Waals surface area (Å²) in [5, 5.41) is 4.29. The lowest BCUT2D eigenvalue weighted by Crippen LogP contribution is -2.23. The van der Waals surface area contributed by atoms with Gasteiger partial charge in [0.1, 0.15) is 5.82 Å². The molecule has 0 aliphatic heterocycles. The van der Waals surface area contributed by atoms with Crippen LogP contribution in [0.3, 0.4) is 0 Å². The van der Waals surface area contributed by atoms with Gasteiger partial charge in [0, 0.05) is 11.6 Å². The third-order valence-electron chi connectivity index (χ3n) is 2.74. The molecule has 0 unspecified atom stereocenters. The maximum atomic E-state index is 11.9. The van der Waals surface area contributed by atoms with Crippen molar-refractivity contribution in [2.75, 3.05) is 13.2 Å². The average molecular weight is 296 g/mol. The predicted octanol–water partition coefficient (Wildman–Crippen LogP) is 2.09. The molecular weight excluding hydrogens is 278 g/mol. The van der Waals surface area contributed by atoms with Gasteiger partial charge in [0.15, 0.2) is 0 Å². The number of H-pyrrole nitrogens is 1. The third kappa shape index (κ3) is 4.03. The van der Waals surface area contributed by atoms with Crippen LogP contribution >= 0.6 is 11.6 Å². The summed E-state index contributed by atoms with van der Waals surface area (Å²) in [7, 11) is 0. The van der Waals surface area contributed by atoms with Crippen LogP contribution in [0, 0.1) is 0 Å². The van der Waals surface area contributed by atoms with E-state index in [0.717, 1.165) is 0 Å². The van der Waals surface area contributed by atoms with Crippen molar-refractivity contribution in [1.29, 1.82) is 0 Å². The number of nitrogens with zero attached hydrogens (tertiary/aromatic N) is 1. The fourth-order valence-corrected chi connectivity index (χ4v) is 1.98. The Morgan fingerprint density at radius 1 is 1.45 bits per heavy atom. The van der Waals surface area contributed by atoms with Gasteiger partial charge in [-0.1, -0.05) is 11.6 Å². The molecular formula is C14H18ClN3O2. The second-order valence-corrected chi connectivity index (χ2v) is 5.21. The van der Waals surface area contributed by atoms with Gasteiger partial charge in [-0.15, -0.1) is 0 Å². The second-order valence-electron chi connectivity index (χ2n) is 4.77. The summed E-state index contributed by atoms with van der Waals surface area (Å²) in [5.41, 5.74) is 0.457. The van der Waals surface area contributed by atoms with Crippen LogP contribution < -0.4 is 10.9 Å². The van der Waals surface area contributed by atoms with Crippen LogP contribution in [0.5, 0.6) is 0 Å². The summed E-state index contributed by atoms with van der Waals surface area (Å²) in [4.78, 5) is 19.0. The SMILES string of the molecule is CC(C)OCCNCc1nc2cc(Cl)ccc2c(=O)[nH]1. The van der Waals surface area contributed by atoms with Gasteiger partial charge < -0.3 is 15.0 Å². The van der Waals surface area contributed by atoms with E-state index in [0.29, 0.717) is 41.4 Å². The lowest BCUT2D eigenvalue weighted by molar-refractivity contribution is 0.0806. The van der Waals surface area contributed by atoms with Crippen LogP contribution in [0.4, 0.5) is 0 Å². The molecule has 1 aromatic carbocycles. The van der Waals surface area contributed by atoms with Crippen LogP contribution in [0.1, 0.15) is 19.7 Å². The van der Waals surface area contributed by atoms with Crippen LogP contribution in [-0.2, 0) is 11.3 Å². The van der Waals surface area contributed by atoms with E-state index in [2.05, 4.69) is 15.3 Å². The van der Waals surface area contributed by atoms with E-state index in [9.17, 15) is 4.79 Å². The highest BCUT2D eigenvalue weighted by molar-refractivity contribution is 6.31. The Balaban J connectivity index is 2.02. The Morgan fingerprint density at radius 3 is 3.00 bits per heavy atom. The molecule has 2 aromatic rings. The van der Waals surface area contributed by atoms with Gasteiger partial charge in [0.2, 0.25) is 0 Å². The summed E-state index contributed by atoms with van der Waals surface area (Å²) in [6.07, 6.45) is 0.220. The lowest BCUT2D eigenvalue weighted by Gasteiger charge is -2.08. The standard InChI is InChI=1S/C14H18ClN3O2/c1-9(2)20-6-5-16-8-13-17-12-7-10(15)3-4-11(12)14(19)18-13/h3-4,7,9,16H,5-6,8H2,1-2H3,(H,17,18,19). The minimum atomic E-state index is -0.151. The molecule has 1 heterocycles. The first kappa shape index (κ1) is 15.0. The van der Waals surface area contributed by atoms with Crippen LogP contribution in [0.15, 0.2) is 23.0 Å². The first-order valence-corrected chi connectivity index (χ1v) is 6.95. The molecule has 0 fully saturated rings. The van der Waals surface area contributed by atoms with Crippen molar-refractivity contribution in [1.82, 2.24) is 15.3 Å². The van der Waals surface area contributed by atoms with E-state index < -0.39 is 0 Å². The fourth-order valence-electron chi connectivity index (χ4n) is 1.82. The number of hydrogen-bond donors (Lipinski definition) is 2. The predicted molar refractivity (Wildman–Crippen MR) is 80.2 cm³/mol. The first-order chi connectivity index (χ1) is 9.56. The minimum absolute atomic E-state index is 0.151. The summed E-state index contributed by atoms with van der Waals surface area (Å²) < 4.78 is 5.42. The molecule has 0 atom stereocenters. The minimum Gasteiger partial charge on any atom is -0.377 e. The zero-order valence-corrected chi connectivity index (χ0v) is 12.3. The number of aromatic amines is 1. The molecule has 108 valence electrons. The number of halogens is 1. The molecule has 2 rings (SSSR count). The van der Waals surface area contributed by atoms with Gasteiger partial charge in [-0.25, -0.2) is 4.98 Å². The van der Waals surface area contributed by atoms with E-state index in [1.165, 1.54) is 0 Å². The number of fused-ring (bicyclic) bond motifs is 1. The van der Waals surface area contributed by atoms with Crippen molar-refractivity contribution >= 4 is 22.5 Å². The third-order valence-corrected chi connectivity index (χ3v) is 2.98. The molecule has 0 spiro atoms. The van der Waals surface area contributed by atoms with Crippen molar-refractivity contribution in [2.45, 2.75) is 26.5 Å². The molecule has 0 saturated carbocycles. The van der Waals surface area contributed by atoms with Gasteiger partial charge in [0.25, 0.3) is 5.56 Å². The maximum Gasteiger partial charge on any atom is 0.258 e. The Hall–Kier alpha value is -1.43. The van der Waals surface area contributed by atoms with Crippen molar-refractivity contribution in [2.24, 2.45) is 0 Å². The Labute approximate surface area is 122 Å². The molecule has 2 N–H and O–H groups in total. The van der Waals surface area contributed by atoms with Crippen LogP contribution in [-0.4, -0.2) is 29.2 Å². The Kier molecular flexibility index (Phi) is 5.11. The number of ether oxygens (including phenoxy) is 1. The average Bonchev–Trinajstić information content (AvgIpc) is 2.37. The van der Waals surface area contributed by atoms with Crippen molar-refractivity contribution < 1.29 is 4.74 Å². The van der Waals surface area contributed by atoms with Crippen LogP contribution in [0.25, 0.3) is 10.9 Å². The quantitative estimate of drug-likeness (QED) is 0.801. The van der Waals surface area contributed by atoms with Gasteiger partial charge >= 0.3 is 0 Å². The fraction of sp³-hybridized carbons (Fsp3) is 0.429. The molecule has 6 heteroatoms. The normalized spacial score (nSPS) is 11.4. The molecule has 0 aliphatic rings.